The van der Waals surface area contributed by atoms with Gasteiger partial charge in [-0.15, -0.1) is 0 Å². The summed E-state index contributed by atoms with van der Waals surface area (Å²) < 4.78 is 0. The van der Waals surface area contributed by atoms with Gasteiger partial charge >= 0.3 is 0 Å². The smallest absolute Gasteiger partial charge is 0.227 e. The van der Waals surface area contributed by atoms with Crippen molar-refractivity contribution >= 4 is 17.5 Å². The summed E-state index contributed by atoms with van der Waals surface area (Å²) >= 11 is 5.82. The number of hydrogen-bond donors (Lipinski definition) is 0. The van der Waals surface area contributed by atoms with Crippen LogP contribution in [-0.4, -0.2) is 48.4 Å². The molecular formula is C13H23ClN2O. The lowest BCUT2D eigenvalue weighted by molar-refractivity contribution is -0.139. The Balaban J connectivity index is 2.53. The fraction of sp³-hybridized carbons (Fsp3) is 0.769. The molecule has 0 aromatic heterocycles. The SMILES string of the molecule is C=C(Cl)CN1CCCN(C(=O)C(C)(C)C)CC1. The fourth-order valence-electron chi connectivity index (χ4n) is 2.05. The second kappa shape index (κ2) is 5.87. The van der Waals surface area contributed by atoms with E-state index in [0.29, 0.717) is 5.03 Å². The van der Waals surface area contributed by atoms with Crippen molar-refractivity contribution < 1.29 is 4.79 Å². The first-order chi connectivity index (χ1) is 7.80. The molecule has 0 aliphatic carbocycles. The third-order valence-corrected chi connectivity index (χ3v) is 3.03. The molecule has 0 atom stereocenters. The molecule has 0 bridgehead atoms. The second-order valence-electron chi connectivity index (χ2n) is 5.69. The summed E-state index contributed by atoms with van der Waals surface area (Å²) in [5, 5.41) is 0.667. The predicted molar refractivity (Wildman–Crippen MR) is 72.1 cm³/mol. The van der Waals surface area contributed by atoms with Gasteiger partial charge in [0.15, 0.2) is 0 Å². The molecule has 0 radical (unpaired) electrons. The molecule has 98 valence electrons. The zero-order valence-electron chi connectivity index (χ0n) is 11.1. The van der Waals surface area contributed by atoms with Crippen molar-refractivity contribution in [3.05, 3.63) is 11.6 Å². The highest BCUT2D eigenvalue weighted by Crippen LogP contribution is 2.19. The number of carbonyl (C=O) groups is 1. The number of hydrogen-bond acceptors (Lipinski definition) is 2. The van der Waals surface area contributed by atoms with Gasteiger partial charge in [0.1, 0.15) is 0 Å². The second-order valence-corrected chi connectivity index (χ2v) is 6.22. The molecule has 1 fully saturated rings. The standard InChI is InChI=1S/C13H23ClN2O/c1-11(14)10-15-6-5-7-16(9-8-15)12(17)13(2,3)4/h1,5-10H2,2-4H3. The van der Waals surface area contributed by atoms with Crippen molar-refractivity contribution in [3.8, 4) is 0 Å². The van der Waals surface area contributed by atoms with E-state index >= 15 is 0 Å². The fourth-order valence-corrected chi connectivity index (χ4v) is 2.22. The molecule has 1 aliphatic rings. The van der Waals surface area contributed by atoms with Crippen molar-refractivity contribution in [1.82, 2.24) is 9.80 Å². The van der Waals surface area contributed by atoms with Gasteiger partial charge in [-0.05, 0) is 6.42 Å². The third kappa shape index (κ3) is 4.68. The molecular weight excluding hydrogens is 236 g/mol. The molecule has 0 spiro atoms. The van der Waals surface area contributed by atoms with E-state index in [-0.39, 0.29) is 11.3 Å². The van der Waals surface area contributed by atoms with Gasteiger partial charge in [0.05, 0.1) is 0 Å². The van der Waals surface area contributed by atoms with E-state index in [1.807, 2.05) is 25.7 Å². The molecule has 0 aromatic rings. The van der Waals surface area contributed by atoms with Crippen LogP contribution < -0.4 is 0 Å². The van der Waals surface area contributed by atoms with E-state index in [1.54, 1.807) is 0 Å². The maximum atomic E-state index is 12.2. The lowest BCUT2D eigenvalue weighted by Crippen LogP contribution is -2.41. The Morgan fingerprint density at radius 1 is 1.24 bits per heavy atom. The number of amides is 1. The summed E-state index contributed by atoms with van der Waals surface area (Å²) in [5.74, 6) is 0.240. The average molecular weight is 259 g/mol. The molecule has 0 aromatic carbocycles. The minimum absolute atomic E-state index is 0.240. The van der Waals surface area contributed by atoms with Crippen molar-refractivity contribution in [3.63, 3.8) is 0 Å². The summed E-state index contributed by atoms with van der Waals surface area (Å²) in [6, 6.07) is 0. The van der Waals surface area contributed by atoms with Crippen molar-refractivity contribution in [1.29, 1.82) is 0 Å². The van der Waals surface area contributed by atoms with Crippen molar-refractivity contribution in [2.75, 3.05) is 32.7 Å². The van der Waals surface area contributed by atoms with Crippen LogP contribution in [0.4, 0.5) is 0 Å². The summed E-state index contributed by atoms with van der Waals surface area (Å²) in [6.45, 7) is 13.9. The molecule has 3 nitrogen and oxygen atoms in total. The normalized spacial score (nSPS) is 18.9. The van der Waals surface area contributed by atoms with Crippen LogP contribution in [0, 0.1) is 5.41 Å². The molecule has 1 aliphatic heterocycles. The van der Waals surface area contributed by atoms with E-state index in [9.17, 15) is 4.79 Å². The molecule has 0 saturated carbocycles. The van der Waals surface area contributed by atoms with Crippen LogP contribution in [0.25, 0.3) is 0 Å². The van der Waals surface area contributed by atoms with Crippen LogP contribution in [0.1, 0.15) is 27.2 Å². The van der Waals surface area contributed by atoms with E-state index in [0.717, 1.165) is 39.1 Å². The van der Waals surface area contributed by atoms with Gasteiger partial charge in [-0.1, -0.05) is 39.0 Å². The maximum absolute atomic E-state index is 12.2. The van der Waals surface area contributed by atoms with Gasteiger partial charge in [0, 0.05) is 43.2 Å². The molecule has 1 rings (SSSR count). The number of nitrogens with zero attached hydrogens (tertiary/aromatic N) is 2. The third-order valence-electron chi connectivity index (χ3n) is 2.91. The number of rotatable bonds is 2. The Morgan fingerprint density at radius 2 is 1.88 bits per heavy atom. The van der Waals surface area contributed by atoms with E-state index in [2.05, 4.69) is 11.5 Å². The minimum Gasteiger partial charge on any atom is -0.341 e. The lowest BCUT2D eigenvalue weighted by Gasteiger charge is -2.28. The van der Waals surface area contributed by atoms with Gasteiger partial charge < -0.3 is 4.90 Å². The van der Waals surface area contributed by atoms with E-state index in [1.165, 1.54) is 0 Å². The van der Waals surface area contributed by atoms with E-state index < -0.39 is 0 Å². The largest absolute Gasteiger partial charge is 0.341 e. The summed E-state index contributed by atoms with van der Waals surface area (Å²) in [4.78, 5) is 16.4. The molecule has 4 heteroatoms. The van der Waals surface area contributed by atoms with Crippen molar-refractivity contribution in [2.45, 2.75) is 27.2 Å². The van der Waals surface area contributed by atoms with Crippen LogP contribution in [0.3, 0.4) is 0 Å². The topological polar surface area (TPSA) is 23.6 Å². The summed E-state index contributed by atoms with van der Waals surface area (Å²) in [6.07, 6.45) is 1.01. The van der Waals surface area contributed by atoms with Crippen LogP contribution in [0.15, 0.2) is 11.6 Å². The van der Waals surface area contributed by atoms with Crippen molar-refractivity contribution in [2.24, 2.45) is 5.41 Å². The average Bonchev–Trinajstić information content (AvgIpc) is 2.40. The minimum atomic E-state index is -0.286. The maximum Gasteiger partial charge on any atom is 0.227 e. The summed E-state index contributed by atoms with van der Waals surface area (Å²) in [5.41, 5.74) is -0.286. The Hall–Kier alpha value is -0.540. The summed E-state index contributed by atoms with van der Waals surface area (Å²) in [7, 11) is 0. The predicted octanol–water partition coefficient (Wildman–Crippen LogP) is 2.32. The molecule has 0 unspecified atom stereocenters. The Bertz CT molecular complexity index is 296. The number of carbonyl (C=O) groups excluding carboxylic acids is 1. The number of halogens is 1. The molecule has 1 heterocycles. The highest BCUT2D eigenvalue weighted by molar-refractivity contribution is 6.29. The molecule has 0 N–H and O–H groups in total. The highest BCUT2D eigenvalue weighted by Gasteiger charge is 2.28. The highest BCUT2D eigenvalue weighted by atomic mass is 35.5. The quantitative estimate of drug-likeness (QED) is 0.759. The zero-order chi connectivity index (χ0) is 13.1. The monoisotopic (exact) mass is 258 g/mol. The van der Waals surface area contributed by atoms with Gasteiger partial charge in [-0.3, -0.25) is 9.69 Å². The van der Waals surface area contributed by atoms with Gasteiger partial charge in [0.2, 0.25) is 5.91 Å². The molecule has 17 heavy (non-hydrogen) atoms. The van der Waals surface area contributed by atoms with Crippen LogP contribution in [0.2, 0.25) is 0 Å². The first kappa shape index (κ1) is 14.5. The van der Waals surface area contributed by atoms with E-state index in [4.69, 9.17) is 11.6 Å². The zero-order valence-corrected chi connectivity index (χ0v) is 11.9. The van der Waals surface area contributed by atoms with Crippen LogP contribution >= 0.6 is 11.6 Å². The molecule has 1 saturated heterocycles. The first-order valence-corrected chi connectivity index (χ1v) is 6.53. The van der Waals surface area contributed by atoms with Gasteiger partial charge in [0.25, 0.3) is 0 Å². The van der Waals surface area contributed by atoms with Gasteiger partial charge in [-0.25, -0.2) is 0 Å². The Labute approximate surface area is 109 Å². The Kier molecular flexibility index (Phi) is 5.02. The first-order valence-electron chi connectivity index (χ1n) is 6.15. The molecule has 1 amide bonds. The van der Waals surface area contributed by atoms with Gasteiger partial charge in [-0.2, -0.15) is 0 Å². The Morgan fingerprint density at radius 3 is 2.41 bits per heavy atom. The lowest BCUT2D eigenvalue weighted by atomic mass is 9.94. The van der Waals surface area contributed by atoms with Crippen LogP contribution in [0.5, 0.6) is 0 Å². The van der Waals surface area contributed by atoms with Crippen LogP contribution in [-0.2, 0) is 4.79 Å².